The monoisotopic (exact) mass is 757 g/mol. The third-order valence-electron chi connectivity index (χ3n) is 10.6. The van der Waals surface area contributed by atoms with Crippen molar-refractivity contribution in [3.63, 3.8) is 0 Å². The fraction of sp³-hybridized carbons (Fsp3) is 0.649. The Balaban J connectivity index is 1.28. The van der Waals surface area contributed by atoms with Crippen LogP contribution in [0.1, 0.15) is 76.2 Å². The maximum Gasteiger partial charge on any atom is 0.328 e. The number of nitrogens with zero attached hydrogens (tertiary/aromatic N) is 2. The normalized spacial score (nSPS) is 27.4. The average Bonchev–Trinajstić information content (AvgIpc) is 3.42. The predicted molar refractivity (Wildman–Crippen MR) is 198 cm³/mol. The molecule has 0 spiro atoms. The summed E-state index contributed by atoms with van der Waals surface area (Å²) in [6, 6.07) is 6.54. The molecule has 15 heteroatoms. The Bertz CT molecular complexity index is 1470. The van der Waals surface area contributed by atoms with E-state index in [1.807, 2.05) is 30.3 Å². The quantitative estimate of drug-likeness (QED) is 0.200. The maximum atomic E-state index is 14.1. The maximum absolute atomic E-state index is 14.1. The SMILES string of the molecule is COC(=O)C1CCCC2SCCC(NC(=O)C(CC=N)CCC(Cc3ccccc3)C(=O)NC3CCSC4CCCC(C(=O)OC)N4C3=O)C(=O)N21. The third-order valence-corrected chi connectivity index (χ3v) is 13.2. The molecule has 4 saturated heterocycles. The number of carbonyl (C=O) groups excluding carboxylic acids is 6. The molecule has 1 aromatic rings. The molecule has 4 heterocycles. The predicted octanol–water partition coefficient (Wildman–Crippen LogP) is 3.29. The second kappa shape index (κ2) is 18.9. The molecule has 4 amide bonds. The largest absolute Gasteiger partial charge is 0.467 e. The molecule has 0 bridgehead atoms. The van der Waals surface area contributed by atoms with Crippen molar-refractivity contribution in [1.29, 1.82) is 5.41 Å². The number of nitrogens with one attached hydrogen (secondary N) is 3. The molecule has 0 saturated carbocycles. The summed E-state index contributed by atoms with van der Waals surface area (Å²) in [5, 5.41) is 13.5. The van der Waals surface area contributed by atoms with Crippen molar-refractivity contribution in [3.8, 4) is 0 Å². The van der Waals surface area contributed by atoms with Gasteiger partial charge in [-0.15, -0.1) is 23.5 Å². The third kappa shape index (κ3) is 9.49. The zero-order valence-corrected chi connectivity index (χ0v) is 31.6. The molecule has 4 aliphatic heterocycles. The van der Waals surface area contributed by atoms with Gasteiger partial charge in [-0.1, -0.05) is 30.3 Å². The van der Waals surface area contributed by atoms with Crippen molar-refractivity contribution in [2.45, 2.75) is 112 Å². The van der Waals surface area contributed by atoms with E-state index >= 15 is 0 Å². The van der Waals surface area contributed by atoms with Gasteiger partial charge in [0, 0.05) is 11.8 Å². The Kier molecular flexibility index (Phi) is 14.4. The number of rotatable bonds is 13. The number of piperidine rings is 2. The summed E-state index contributed by atoms with van der Waals surface area (Å²) >= 11 is 3.23. The van der Waals surface area contributed by atoms with Crippen molar-refractivity contribution < 1.29 is 38.2 Å². The average molecular weight is 758 g/mol. The van der Waals surface area contributed by atoms with E-state index in [2.05, 4.69) is 10.6 Å². The van der Waals surface area contributed by atoms with Gasteiger partial charge in [-0.2, -0.15) is 0 Å². The van der Waals surface area contributed by atoms with Gasteiger partial charge in [-0.3, -0.25) is 19.2 Å². The van der Waals surface area contributed by atoms with Crippen molar-refractivity contribution in [3.05, 3.63) is 35.9 Å². The van der Waals surface area contributed by atoms with Gasteiger partial charge < -0.3 is 35.3 Å². The zero-order valence-electron chi connectivity index (χ0n) is 30.0. The molecule has 0 radical (unpaired) electrons. The summed E-state index contributed by atoms with van der Waals surface area (Å²) in [4.78, 5) is 84.1. The minimum atomic E-state index is -0.821. The number of methoxy groups -OCH3 is 2. The molecule has 13 nitrogen and oxygen atoms in total. The van der Waals surface area contributed by atoms with E-state index in [0.29, 0.717) is 50.0 Å². The number of carbonyl (C=O) groups is 6. The molecule has 3 N–H and O–H groups in total. The van der Waals surface area contributed by atoms with Crippen molar-refractivity contribution in [2.75, 3.05) is 25.7 Å². The molecule has 4 fully saturated rings. The topological polar surface area (TPSA) is 175 Å². The highest BCUT2D eigenvalue weighted by Gasteiger charge is 2.45. The van der Waals surface area contributed by atoms with Crippen LogP contribution in [0.2, 0.25) is 0 Å². The molecule has 4 aliphatic rings. The second-order valence-corrected chi connectivity index (χ2v) is 16.5. The Hall–Kier alpha value is -3.59. The Morgan fingerprint density at radius 2 is 1.25 bits per heavy atom. The van der Waals surface area contributed by atoms with Crippen LogP contribution in [0.5, 0.6) is 0 Å². The first-order valence-electron chi connectivity index (χ1n) is 18.3. The van der Waals surface area contributed by atoms with Gasteiger partial charge in [0.25, 0.3) is 0 Å². The first-order valence-corrected chi connectivity index (χ1v) is 20.4. The van der Waals surface area contributed by atoms with Crippen LogP contribution in [0, 0.1) is 17.2 Å². The van der Waals surface area contributed by atoms with E-state index in [9.17, 15) is 28.8 Å². The first-order chi connectivity index (χ1) is 25.2. The van der Waals surface area contributed by atoms with E-state index in [1.54, 1.807) is 33.3 Å². The lowest BCUT2D eigenvalue weighted by Crippen LogP contribution is -2.58. The number of amides is 4. The highest BCUT2D eigenvalue weighted by molar-refractivity contribution is 8.00. The van der Waals surface area contributed by atoms with Crippen LogP contribution < -0.4 is 10.6 Å². The van der Waals surface area contributed by atoms with Crippen LogP contribution in [0.15, 0.2) is 30.3 Å². The Morgan fingerprint density at radius 3 is 1.73 bits per heavy atom. The van der Waals surface area contributed by atoms with Gasteiger partial charge in [0.05, 0.1) is 25.0 Å². The fourth-order valence-electron chi connectivity index (χ4n) is 7.81. The molecule has 8 unspecified atom stereocenters. The summed E-state index contributed by atoms with van der Waals surface area (Å²) in [7, 11) is 2.63. The zero-order chi connectivity index (χ0) is 37.2. The number of benzene rings is 1. The van der Waals surface area contributed by atoms with Gasteiger partial charge in [-0.25, -0.2) is 9.59 Å². The highest BCUT2D eigenvalue weighted by atomic mass is 32.2. The Labute approximate surface area is 313 Å². The van der Waals surface area contributed by atoms with Gasteiger partial charge in [0.2, 0.25) is 23.6 Å². The lowest BCUT2D eigenvalue weighted by Gasteiger charge is -2.40. The minimum Gasteiger partial charge on any atom is -0.467 e. The van der Waals surface area contributed by atoms with Crippen molar-refractivity contribution in [1.82, 2.24) is 20.4 Å². The summed E-state index contributed by atoms with van der Waals surface area (Å²) in [5.41, 5.74) is 0.929. The second-order valence-electron chi connectivity index (χ2n) is 13.9. The number of ether oxygens (including phenoxy) is 2. The van der Waals surface area contributed by atoms with Gasteiger partial charge >= 0.3 is 11.9 Å². The first kappa shape index (κ1) is 39.6. The number of hydrogen-bond acceptors (Lipinski definition) is 11. The van der Waals surface area contributed by atoms with Crippen LogP contribution in [-0.2, 0) is 44.7 Å². The van der Waals surface area contributed by atoms with Gasteiger partial charge in [0.15, 0.2) is 0 Å². The van der Waals surface area contributed by atoms with Crippen LogP contribution in [-0.4, -0.2) is 112 Å². The molecule has 52 heavy (non-hydrogen) atoms. The lowest BCUT2D eigenvalue weighted by molar-refractivity contribution is -0.156. The summed E-state index contributed by atoms with van der Waals surface area (Å²) < 4.78 is 10.0. The minimum absolute atomic E-state index is 0.127. The molecule has 1 aromatic carbocycles. The number of esters is 2. The smallest absolute Gasteiger partial charge is 0.328 e. The molecular weight excluding hydrogens is 707 g/mol. The highest BCUT2D eigenvalue weighted by Crippen LogP contribution is 2.36. The van der Waals surface area contributed by atoms with Gasteiger partial charge in [-0.05, 0) is 100 Å². The van der Waals surface area contributed by atoms with Crippen LogP contribution in [0.3, 0.4) is 0 Å². The van der Waals surface area contributed by atoms with Crippen molar-refractivity contribution in [2.24, 2.45) is 11.8 Å². The molecule has 0 aromatic heterocycles. The molecule has 284 valence electrons. The fourth-order valence-corrected chi connectivity index (χ4v) is 10.6. The molecular formula is C37H51N5O8S2. The number of thioether (sulfide) groups is 2. The molecule has 8 atom stereocenters. The van der Waals surface area contributed by atoms with E-state index in [-0.39, 0.29) is 47.2 Å². The van der Waals surface area contributed by atoms with Gasteiger partial charge in [0.1, 0.15) is 24.2 Å². The molecule has 0 aliphatic carbocycles. The van der Waals surface area contributed by atoms with E-state index in [0.717, 1.165) is 31.2 Å². The van der Waals surface area contributed by atoms with Crippen LogP contribution in [0.4, 0.5) is 0 Å². The van der Waals surface area contributed by atoms with Crippen LogP contribution in [0.25, 0.3) is 0 Å². The van der Waals surface area contributed by atoms with E-state index in [4.69, 9.17) is 14.9 Å². The number of hydrogen-bond donors (Lipinski definition) is 3. The standard InChI is InChI=1S/C37H51N5O8S2/c1-49-36(47)28-10-6-12-30-41(28)34(45)26(17-20-51-30)39-32(43)24(16-19-38)14-15-25(22-23-8-4-3-5-9-23)33(44)40-27-18-21-52-31-13-7-11-29(37(48)50-2)42(31)35(27)46/h3-5,8-9,19,24-31,38H,6-7,10-18,20-22H2,1-2H3,(H,39,43)(H,40,44). The lowest BCUT2D eigenvalue weighted by atomic mass is 9.88. The summed E-state index contributed by atoms with van der Waals surface area (Å²) in [6.45, 7) is 0. The Morgan fingerprint density at radius 1 is 0.769 bits per heavy atom. The van der Waals surface area contributed by atoms with E-state index in [1.165, 1.54) is 20.4 Å². The summed E-state index contributed by atoms with van der Waals surface area (Å²) in [5.74, 6) is -2.17. The van der Waals surface area contributed by atoms with Crippen LogP contribution >= 0.6 is 23.5 Å². The molecule has 5 rings (SSSR count). The van der Waals surface area contributed by atoms with E-state index < -0.39 is 47.9 Å². The number of fused-ring (bicyclic) bond motifs is 2. The van der Waals surface area contributed by atoms with Crippen molar-refractivity contribution >= 4 is 65.3 Å². The summed E-state index contributed by atoms with van der Waals surface area (Å²) in [6.07, 6.45) is 7.25.